The minimum absolute atomic E-state index is 0.766. The number of nitrogen functional groups attached to an aromatic ring is 1. The first-order chi connectivity index (χ1) is 7.65. The molecule has 0 spiro atoms. The lowest BCUT2D eigenvalue weighted by molar-refractivity contribution is 1.19. The van der Waals surface area contributed by atoms with Crippen molar-refractivity contribution < 1.29 is 0 Å². The monoisotopic (exact) mass is 296 g/mol. The van der Waals surface area contributed by atoms with Crippen molar-refractivity contribution in [2.45, 2.75) is 13.5 Å². The molecule has 1 aromatic carbocycles. The molecule has 0 aliphatic rings. The first-order valence-electron chi connectivity index (χ1n) is 4.99. The lowest BCUT2D eigenvalue weighted by atomic mass is 10.2. The average Bonchev–Trinajstić information content (AvgIpc) is 2.63. The van der Waals surface area contributed by atoms with Gasteiger partial charge in [-0.2, -0.15) is 0 Å². The maximum atomic E-state index is 5.90. The fourth-order valence-electron chi connectivity index (χ4n) is 1.46. The van der Waals surface area contributed by atoms with E-state index >= 15 is 0 Å². The number of hydrogen-bond acceptors (Lipinski definition) is 3. The number of halogens is 1. The fourth-order valence-corrected chi connectivity index (χ4v) is 2.67. The summed E-state index contributed by atoms with van der Waals surface area (Å²) in [6.45, 7) is 2.94. The maximum Gasteiger partial charge on any atom is 0.0577 e. The van der Waals surface area contributed by atoms with Gasteiger partial charge in [0.15, 0.2) is 0 Å². The Morgan fingerprint density at radius 3 is 2.75 bits per heavy atom. The molecule has 0 atom stereocenters. The average molecular weight is 297 g/mol. The zero-order chi connectivity index (χ0) is 11.5. The summed E-state index contributed by atoms with van der Waals surface area (Å²) in [5, 5.41) is 3.33. The quantitative estimate of drug-likeness (QED) is 0.840. The molecule has 0 fully saturated rings. The predicted octanol–water partition coefficient (Wildman–Crippen LogP) is 4.01. The second-order valence-corrected chi connectivity index (χ2v) is 5.89. The first-order valence-corrected chi connectivity index (χ1v) is 6.60. The van der Waals surface area contributed by atoms with Gasteiger partial charge in [-0.3, -0.25) is 0 Å². The van der Waals surface area contributed by atoms with Gasteiger partial charge < -0.3 is 11.1 Å². The van der Waals surface area contributed by atoms with Crippen LogP contribution in [-0.2, 0) is 6.54 Å². The number of thiophene rings is 1. The van der Waals surface area contributed by atoms with Gasteiger partial charge in [0.2, 0.25) is 0 Å². The Bertz CT molecular complexity index is 494. The molecule has 0 radical (unpaired) electrons. The smallest absolute Gasteiger partial charge is 0.0577 e. The van der Waals surface area contributed by atoms with Crippen molar-refractivity contribution in [1.29, 1.82) is 0 Å². The Labute approximate surface area is 108 Å². The maximum absolute atomic E-state index is 5.90. The third-order valence-corrected chi connectivity index (χ3v) is 3.76. The van der Waals surface area contributed by atoms with Gasteiger partial charge in [-0.05, 0) is 37.3 Å². The molecule has 0 unspecified atom stereocenters. The molecule has 0 saturated heterocycles. The van der Waals surface area contributed by atoms with Crippen molar-refractivity contribution in [1.82, 2.24) is 0 Å². The summed E-state index contributed by atoms with van der Waals surface area (Å²) in [5.41, 5.74) is 7.65. The van der Waals surface area contributed by atoms with Crippen molar-refractivity contribution in [3.05, 3.63) is 44.6 Å². The standard InChI is InChI=1S/C12H13BrN2S/c1-8-2-4-10(16-8)7-15-12-5-3-9(13)6-11(12)14/h2-6,15H,7,14H2,1H3. The highest BCUT2D eigenvalue weighted by atomic mass is 79.9. The van der Waals surface area contributed by atoms with E-state index in [4.69, 9.17) is 5.73 Å². The molecule has 0 bridgehead atoms. The molecule has 2 nitrogen and oxygen atoms in total. The Kier molecular flexibility index (Phi) is 3.51. The molecule has 1 aromatic heterocycles. The van der Waals surface area contributed by atoms with Gasteiger partial charge in [0, 0.05) is 20.8 Å². The summed E-state index contributed by atoms with van der Waals surface area (Å²) in [4.78, 5) is 2.65. The molecular formula is C12H13BrN2S. The van der Waals surface area contributed by atoms with Crippen molar-refractivity contribution in [2.24, 2.45) is 0 Å². The number of nitrogens with one attached hydrogen (secondary N) is 1. The molecule has 0 aliphatic heterocycles. The summed E-state index contributed by atoms with van der Waals surface area (Å²) < 4.78 is 1.00. The third-order valence-electron chi connectivity index (χ3n) is 2.26. The van der Waals surface area contributed by atoms with Crippen LogP contribution in [0.15, 0.2) is 34.8 Å². The van der Waals surface area contributed by atoms with E-state index in [0.717, 1.165) is 22.4 Å². The van der Waals surface area contributed by atoms with Gasteiger partial charge in [-0.1, -0.05) is 15.9 Å². The summed E-state index contributed by atoms with van der Waals surface area (Å²) in [6.07, 6.45) is 0. The molecule has 16 heavy (non-hydrogen) atoms. The Morgan fingerprint density at radius 1 is 1.31 bits per heavy atom. The lowest BCUT2D eigenvalue weighted by Gasteiger charge is -2.08. The number of benzene rings is 1. The molecule has 84 valence electrons. The van der Waals surface area contributed by atoms with Crippen LogP contribution in [0.4, 0.5) is 11.4 Å². The van der Waals surface area contributed by atoms with Crippen molar-refractivity contribution in [3.63, 3.8) is 0 Å². The number of rotatable bonds is 3. The van der Waals surface area contributed by atoms with Crippen LogP contribution in [0.2, 0.25) is 0 Å². The van der Waals surface area contributed by atoms with Crippen LogP contribution in [0, 0.1) is 6.92 Å². The van der Waals surface area contributed by atoms with Gasteiger partial charge in [-0.15, -0.1) is 11.3 Å². The first kappa shape index (κ1) is 11.5. The van der Waals surface area contributed by atoms with E-state index in [0.29, 0.717) is 0 Å². The van der Waals surface area contributed by atoms with Gasteiger partial charge in [0.1, 0.15) is 0 Å². The van der Waals surface area contributed by atoms with Crippen molar-refractivity contribution >= 4 is 38.6 Å². The van der Waals surface area contributed by atoms with Crippen molar-refractivity contribution in [2.75, 3.05) is 11.1 Å². The molecule has 4 heteroatoms. The van der Waals surface area contributed by atoms with Crippen LogP contribution in [0.25, 0.3) is 0 Å². The van der Waals surface area contributed by atoms with Gasteiger partial charge in [-0.25, -0.2) is 0 Å². The molecule has 2 rings (SSSR count). The van der Waals surface area contributed by atoms with Crippen LogP contribution in [0.3, 0.4) is 0 Å². The molecule has 0 saturated carbocycles. The molecule has 0 amide bonds. The molecule has 1 heterocycles. The summed E-state index contributed by atoms with van der Waals surface area (Å²) >= 11 is 5.19. The lowest BCUT2D eigenvalue weighted by Crippen LogP contribution is -2.00. The largest absolute Gasteiger partial charge is 0.397 e. The van der Waals surface area contributed by atoms with E-state index in [1.807, 2.05) is 18.2 Å². The fraction of sp³-hybridized carbons (Fsp3) is 0.167. The Balaban J connectivity index is 2.04. The number of nitrogens with two attached hydrogens (primary N) is 1. The second-order valence-electron chi connectivity index (χ2n) is 3.60. The summed E-state index contributed by atoms with van der Waals surface area (Å²) in [7, 11) is 0. The van der Waals surface area contributed by atoms with Crippen LogP contribution in [0.5, 0.6) is 0 Å². The zero-order valence-corrected chi connectivity index (χ0v) is 11.4. The van der Waals surface area contributed by atoms with Crippen LogP contribution in [0.1, 0.15) is 9.75 Å². The van der Waals surface area contributed by atoms with E-state index in [1.165, 1.54) is 9.75 Å². The highest BCUT2D eigenvalue weighted by molar-refractivity contribution is 9.10. The third kappa shape index (κ3) is 2.77. The van der Waals surface area contributed by atoms with Crippen LogP contribution >= 0.6 is 27.3 Å². The highest BCUT2D eigenvalue weighted by Gasteiger charge is 2.00. The minimum atomic E-state index is 0.766. The Hall–Kier alpha value is -1.000. The van der Waals surface area contributed by atoms with E-state index < -0.39 is 0 Å². The zero-order valence-electron chi connectivity index (χ0n) is 8.96. The summed E-state index contributed by atoms with van der Waals surface area (Å²) in [5.74, 6) is 0. The normalized spacial score (nSPS) is 10.4. The van der Waals surface area contributed by atoms with Crippen LogP contribution < -0.4 is 11.1 Å². The molecule has 0 aliphatic carbocycles. The van der Waals surface area contributed by atoms with Gasteiger partial charge >= 0.3 is 0 Å². The Morgan fingerprint density at radius 2 is 2.12 bits per heavy atom. The minimum Gasteiger partial charge on any atom is -0.397 e. The predicted molar refractivity (Wildman–Crippen MR) is 74.9 cm³/mol. The molecule has 2 aromatic rings. The highest BCUT2D eigenvalue weighted by Crippen LogP contribution is 2.24. The second kappa shape index (κ2) is 4.89. The van der Waals surface area contributed by atoms with E-state index in [2.05, 4.69) is 40.3 Å². The number of aryl methyl sites for hydroxylation is 1. The molecular weight excluding hydrogens is 284 g/mol. The van der Waals surface area contributed by atoms with Crippen LogP contribution in [-0.4, -0.2) is 0 Å². The van der Waals surface area contributed by atoms with E-state index in [1.54, 1.807) is 11.3 Å². The number of hydrogen-bond donors (Lipinski definition) is 2. The van der Waals surface area contributed by atoms with E-state index in [9.17, 15) is 0 Å². The molecule has 3 N–H and O–H groups in total. The topological polar surface area (TPSA) is 38.0 Å². The van der Waals surface area contributed by atoms with Crippen molar-refractivity contribution in [3.8, 4) is 0 Å². The number of anilines is 2. The SMILES string of the molecule is Cc1ccc(CNc2ccc(Br)cc2N)s1. The van der Waals surface area contributed by atoms with Gasteiger partial charge in [0.25, 0.3) is 0 Å². The summed E-state index contributed by atoms with van der Waals surface area (Å²) in [6, 6.07) is 10.1. The van der Waals surface area contributed by atoms with Gasteiger partial charge in [0.05, 0.1) is 11.4 Å². The van der Waals surface area contributed by atoms with E-state index in [-0.39, 0.29) is 0 Å².